The minimum absolute atomic E-state index is 0.775. The molecule has 0 aliphatic carbocycles. The Morgan fingerprint density at radius 1 is 1.20 bits per heavy atom. The molecule has 0 amide bonds. The topological polar surface area (TPSA) is 33.2 Å². The van der Waals surface area contributed by atoms with Crippen LogP contribution in [0.15, 0.2) is 41.6 Å². The zero-order valence-corrected chi connectivity index (χ0v) is 12.6. The van der Waals surface area contributed by atoms with Crippen molar-refractivity contribution in [1.82, 2.24) is 4.98 Å². The van der Waals surface area contributed by atoms with Crippen LogP contribution in [0.1, 0.15) is 12.0 Å². The molecule has 0 spiro atoms. The molecule has 1 aromatic heterocycles. The Labute approximate surface area is 122 Å². The predicted molar refractivity (Wildman–Crippen MR) is 83.6 cm³/mol. The summed E-state index contributed by atoms with van der Waals surface area (Å²) in [5.41, 5.74) is 4.90. The van der Waals surface area contributed by atoms with E-state index in [-0.39, 0.29) is 0 Å². The number of rotatable bonds is 2. The number of hydrogen-bond donors (Lipinski definition) is 0. The zero-order valence-electron chi connectivity index (χ0n) is 11.8. The first-order valence-corrected chi connectivity index (χ1v) is 8.34. The van der Waals surface area contributed by atoms with E-state index < -0.39 is 10.8 Å². The monoisotopic (exact) mass is 286 g/mol. The fourth-order valence-electron chi connectivity index (χ4n) is 2.70. The molecule has 1 unspecified atom stereocenters. The molecule has 4 heteroatoms. The van der Waals surface area contributed by atoms with E-state index in [0.717, 1.165) is 29.0 Å². The van der Waals surface area contributed by atoms with Gasteiger partial charge in [0.15, 0.2) is 0 Å². The van der Waals surface area contributed by atoms with Crippen molar-refractivity contribution in [3.63, 3.8) is 0 Å². The van der Waals surface area contributed by atoms with Gasteiger partial charge in [-0.3, -0.25) is 9.19 Å². The van der Waals surface area contributed by atoms with E-state index in [1.807, 2.05) is 12.3 Å². The van der Waals surface area contributed by atoms with E-state index in [4.69, 9.17) is 0 Å². The Hall–Kier alpha value is -1.68. The summed E-state index contributed by atoms with van der Waals surface area (Å²) in [5, 5.41) is 0. The van der Waals surface area contributed by atoms with Crippen molar-refractivity contribution in [2.24, 2.45) is 0 Å². The van der Waals surface area contributed by atoms with Crippen LogP contribution in [0.2, 0.25) is 0 Å². The van der Waals surface area contributed by atoms with Crippen LogP contribution in [0.5, 0.6) is 0 Å². The van der Waals surface area contributed by atoms with Crippen molar-refractivity contribution < 1.29 is 4.21 Å². The molecule has 2 aromatic rings. The number of hydrogen-bond acceptors (Lipinski definition) is 3. The van der Waals surface area contributed by atoms with Gasteiger partial charge in [-0.1, -0.05) is 6.07 Å². The standard InChI is InChI=1S/C16H18N2OS/c1-18-7-3-4-13-8-12(5-6-16(13)18)14-9-15(20(2)19)11-17-10-14/h5-6,8-11H,3-4,7H2,1-2H3. The van der Waals surface area contributed by atoms with Gasteiger partial charge in [0.05, 0.1) is 15.7 Å². The molecule has 1 aliphatic heterocycles. The second-order valence-electron chi connectivity index (χ2n) is 5.23. The number of benzene rings is 1. The van der Waals surface area contributed by atoms with E-state index >= 15 is 0 Å². The molecule has 1 aliphatic rings. The number of fused-ring (bicyclic) bond motifs is 1. The van der Waals surface area contributed by atoms with Crippen LogP contribution >= 0.6 is 0 Å². The quantitative estimate of drug-likeness (QED) is 0.851. The third-order valence-corrected chi connectivity index (χ3v) is 4.70. The van der Waals surface area contributed by atoms with E-state index in [2.05, 4.69) is 35.1 Å². The third-order valence-electron chi connectivity index (χ3n) is 3.81. The van der Waals surface area contributed by atoms with Gasteiger partial charge in [0.2, 0.25) is 0 Å². The van der Waals surface area contributed by atoms with Crippen LogP contribution in [0, 0.1) is 0 Å². The maximum Gasteiger partial charge on any atom is 0.0574 e. The Bertz CT molecular complexity index is 669. The van der Waals surface area contributed by atoms with Gasteiger partial charge in [-0.2, -0.15) is 0 Å². The normalized spacial score (nSPS) is 15.8. The smallest absolute Gasteiger partial charge is 0.0574 e. The summed E-state index contributed by atoms with van der Waals surface area (Å²) < 4.78 is 11.6. The maximum atomic E-state index is 11.6. The summed E-state index contributed by atoms with van der Waals surface area (Å²) in [5.74, 6) is 0. The molecular formula is C16H18N2OS. The van der Waals surface area contributed by atoms with Gasteiger partial charge in [0.25, 0.3) is 0 Å². The lowest BCUT2D eigenvalue weighted by Crippen LogP contribution is -2.24. The molecule has 0 saturated heterocycles. The average Bonchev–Trinajstić information content (AvgIpc) is 2.47. The van der Waals surface area contributed by atoms with Gasteiger partial charge >= 0.3 is 0 Å². The largest absolute Gasteiger partial charge is 0.374 e. The molecule has 0 saturated carbocycles. The van der Waals surface area contributed by atoms with Crippen LogP contribution in [-0.2, 0) is 17.2 Å². The Morgan fingerprint density at radius 2 is 2.05 bits per heavy atom. The van der Waals surface area contributed by atoms with Crippen molar-refractivity contribution in [3.05, 3.63) is 42.2 Å². The Balaban J connectivity index is 2.03. The average molecular weight is 286 g/mol. The van der Waals surface area contributed by atoms with Gasteiger partial charge in [-0.15, -0.1) is 0 Å². The summed E-state index contributed by atoms with van der Waals surface area (Å²) in [6, 6.07) is 8.52. The third kappa shape index (κ3) is 2.48. The van der Waals surface area contributed by atoms with Crippen molar-refractivity contribution in [3.8, 4) is 11.1 Å². The van der Waals surface area contributed by atoms with Crippen LogP contribution in [0.3, 0.4) is 0 Å². The SMILES string of the molecule is CN1CCCc2cc(-c3cncc(S(C)=O)c3)ccc21. The molecule has 3 nitrogen and oxygen atoms in total. The fraction of sp³-hybridized carbons (Fsp3) is 0.312. The van der Waals surface area contributed by atoms with Gasteiger partial charge in [-0.25, -0.2) is 0 Å². The molecular weight excluding hydrogens is 268 g/mol. The van der Waals surface area contributed by atoms with Gasteiger partial charge in [-0.05, 0) is 42.2 Å². The van der Waals surface area contributed by atoms with Gasteiger partial charge < -0.3 is 4.90 Å². The van der Waals surface area contributed by atoms with E-state index in [0.29, 0.717) is 0 Å². The molecule has 3 rings (SSSR count). The molecule has 0 radical (unpaired) electrons. The first-order valence-electron chi connectivity index (χ1n) is 6.78. The van der Waals surface area contributed by atoms with Crippen LogP contribution in [0.4, 0.5) is 5.69 Å². The summed E-state index contributed by atoms with van der Waals surface area (Å²) >= 11 is 0. The zero-order chi connectivity index (χ0) is 14.1. The molecule has 1 atom stereocenters. The second-order valence-corrected chi connectivity index (χ2v) is 6.61. The minimum Gasteiger partial charge on any atom is -0.374 e. The van der Waals surface area contributed by atoms with Crippen molar-refractivity contribution in [1.29, 1.82) is 0 Å². The molecule has 104 valence electrons. The van der Waals surface area contributed by atoms with Crippen LogP contribution in [0.25, 0.3) is 11.1 Å². The highest BCUT2D eigenvalue weighted by Gasteiger charge is 2.14. The fourth-order valence-corrected chi connectivity index (χ4v) is 3.20. The highest BCUT2D eigenvalue weighted by atomic mass is 32.2. The summed E-state index contributed by atoms with van der Waals surface area (Å²) in [7, 11) is 1.15. The van der Waals surface area contributed by atoms with Crippen molar-refractivity contribution >= 4 is 16.5 Å². The number of anilines is 1. The second kappa shape index (κ2) is 5.37. The lowest BCUT2D eigenvalue weighted by molar-refractivity contribution is 0.686. The Morgan fingerprint density at radius 3 is 2.85 bits per heavy atom. The minimum atomic E-state index is -0.991. The lowest BCUT2D eigenvalue weighted by atomic mass is 9.97. The van der Waals surface area contributed by atoms with Crippen LogP contribution < -0.4 is 4.90 Å². The van der Waals surface area contributed by atoms with E-state index in [9.17, 15) is 4.21 Å². The predicted octanol–water partition coefficient (Wildman–Crippen LogP) is 2.87. The number of pyridine rings is 1. The van der Waals surface area contributed by atoms with Crippen molar-refractivity contribution in [2.45, 2.75) is 17.7 Å². The van der Waals surface area contributed by atoms with E-state index in [1.54, 1.807) is 12.5 Å². The number of aryl methyl sites for hydroxylation is 1. The summed E-state index contributed by atoms with van der Waals surface area (Å²) in [6.45, 7) is 1.12. The van der Waals surface area contributed by atoms with Crippen molar-refractivity contribution in [2.75, 3.05) is 24.7 Å². The van der Waals surface area contributed by atoms with Crippen LogP contribution in [-0.4, -0.2) is 29.0 Å². The molecule has 2 heterocycles. The van der Waals surface area contributed by atoms with Gasteiger partial charge in [0.1, 0.15) is 0 Å². The summed E-state index contributed by atoms with van der Waals surface area (Å²) in [6.07, 6.45) is 7.52. The van der Waals surface area contributed by atoms with Gasteiger partial charge in [0, 0.05) is 43.5 Å². The highest BCUT2D eigenvalue weighted by molar-refractivity contribution is 7.84. The molecule has 1 aromatic carbocycles. The molecule has 0 N–H and O–H groups in total. The molecule has 0 fully saturated rings. The first kappa shape index (κ1) is 13.3. The number of nitrogens with zero attached hydrogens (tertiary/aromatic N) is 2. The first-order chi connectivity index (χ1) is 9.65. The number of aromatic nitrogens is 1. The maximum absolute atomic E-state index is 11.6. The summed E-state index contributed by atoms with van der Waals surface area (Å²) in [4.78, 5) is 7.29. The van der Waals surface area contributed by atoms with E-state index in [1.165, 1.54) is 17.7 Å². The lowest BCUT2D eigenvalue weighted by Gasteiger charge is -2.27. The highest BCUT2D eigenvalue weighted by Crippen LogP contribution is 2.31. The molecule has 20 heavy (non-hydrogen) atoms. The Kier molecular flexibility index (Phi) is 3.57. The molecule has 0 bridgehead atoms.